The van der Waals surface area contributed by atoms with E-state index < -0.39 is 0 Å². The zero-order valence-corrected chi connectivity index (χ0v) is 13.4. The summed E-state index contributed by atoms with van der Waals surface area (Å²) in [5.41, 5.74) is 1.29. The molecule has 118 valence electrons. The predicted octanol–water partition coefficient (Wildman–Crippen LogP) is 3.11. The van der Waals surface area contributed by atoms with Crippen LogP contribution in [-0.2, 0) is 6.42 Å². The van der Waals surface area contributed by atoms with Gasteiger partial charge in [0, 0.05) is 19.0 Å². The van der Waals surface area contributed by atoms with Crippen LogP contribution in [0.3, 0.4) is 0 Å². The lowest BCUT2D eigenvalue weighted by atomic mass is 9.89. The summed E-state index contributed by atoms with van der Waals surface area (Å²) in [5, 5.41) is 10.1. The molecule has 1 heterocycles. The first-order valence-corrected chi connectivity index (χ1v) is 8.27. The summed E-state index contributed by atoms with van der Waals surface area (Å²) in [6.07, 6.45) is 5.25. The molecule has 2 atom stereocenters. The van der Waals surface area contributed by atoms with E-state index in [0.717, 1.165) is 44.7 Å². The van der Waals surface area contributed by atoms with E-state index in [0.29, 0.717) is 5.92 Å². The van der Waals surface area contributed by atoms with Crippen LogP contribution in [0.25, 0.3) is 0 Å². The van der Waals surface area contributed by atoms with Crippen LogP contribution in [-0.4, -0.2) is 42.9 Å². The van der Waals surface area contributed by atoms with Gasteiger partial charge in [-0.3, -0.25) is 0 Å². The van der Waals surface area contributed by atoms with Gasteiger partial charge in [-0.25, -0.2) is 0 Å². The summed E-state index contributed by atoms with van der Waals surface area (Å²) >= 11 is 0. The van der Waals surface area contributed by atoms with Crippen LogP contribution in [0.1, 0.15) is 38.2 Å². The van der Waals surface area contributed by atoms with E-state index in [1.807, 2.05) is 0 Å². The average Bonchev–Trinajstić information content (AvgIpc) is 2.49. The zero-order valence-electron chi connectivity index (χ0n) is 13.4. The van der Waals surface area contributed by atoms with E-state index in [-0.39, 0.29) is 6.10 Å². The molecule has 1 aromatic rings. The molecule has 1 N–H and O–H groups in total. The molecule has 21 heavy (non-hydrogen) atoms. The van der Waals surface area contributed by atoms with Gasteiger partial charge in [-0.2, -0.15) is 0 Å². The largest absolute Gasteiger partial charge is 0.494 e. The summed E-state index contributed by atoms with van der Waals surface area (Å²) < 4.78 is 5.73. The Morgan fingerprint density at radius 2 is 2.00 bits per heavy atom. The molecule has 2 rings (SSSR count). The Labute approximate surface area is 128 Å². The molecular formula is C18H29NO2. The minimum atomic E-state index is -0.161. The number of rotatable bonds is 7. The van der Waals surface area contributed by atoms with Gasteiger partial charge in [0.25, 0.3) is 0 Å². The van der Waals surface area contributed by atoms with Crippen molar-refractivity contribution >= 4 is 0 Å². The van der Waals surface area contributed by atoms with Crippen molar-refractivity contribution in [2.75, 3.05) is 26.7 Å². The second-order valence-electron chi connectivity index (χ2n) is 6.28. The van der Waals surface area contributed by atoms with E-state index >= 15 is 0 Å². The maximum atomic E-state index is 10.1. The van der Waals surface area contributed by atoms with Crippen LogP contribution in [0.2, 0.25) is 0 Å². The highest BCUT2D eigenvalue weighted by Crippen LogP contribution is 2.22. The van der Waals surface area contributed by atoms with Crippen LogP contribution in [0.15, 0.2) is 24.3 Å². The molecule has 2 unspecified atom stereocenters. The number of hydrogen-bond acceptors (Lipinski definition) is 3. The van der Waals surface area contributed by atoms with Gasteiger partial charge in [0.1, 0.15) is 5.75 Å². The molecule has 1 aromatic carbocycles. The minimum Gasteiger partial charge on any atom is -0.494 e. The summed E-state index contributed by atoms with van der Waals surface area (Å²) in [5.74, 6) is 1.30. The second-order valence-corrected chi connectivity index (χ2v) is 6.28. The van der Waals surface area contributed by atoms with Crippen LogP contribution in [0.5, 0.6) is 5.75 Å². The fourth-order valence-corrected chi connectivity index (χ4v) is 2.97. The number of ether oxygens (including phenoxy) is 1. The van der Waals surface area contributed by atoms with Gasteiger partial charge in [-0.15, -0.1) is 0 Å². The first kappa shape index (κ1) is 16.3. The van der Waals surface area contributed by atoms with Crippen molar-refractivity contribution in [3.05, 3.63) is 29.8 Å². The molecule has 0 saturated carbocycles. The summed E-state index contributed by atoms with van der Waals surface area (Å²) in [4.78, 5) is 2.31. The van der Waals surface area contributed by atoms with Gasteiger partial charge < -0.3 is 14.7 Å². The number of unbranched alkanes of at least 4 members (excludes halogenated alkanes) is 2. The highest BCUT2D eigenvalue weighted by molar-refractivity contribution is 5.27. The maximum Gasteiger partial charge on any atom is 0.119 e. The number of hydrogen-bond donors (Lipinski definition) is 1. The van der Waals surface area contributed by atoms with E-state index in [1.54, 1.807) is 0 Å². The Morgan fingerprint density at radius 1 is 1.24 bits per heavy atom. The third-order valence-electron chi connectivity index (χ3n) is 4.33. The average molecular weight is 291 g/mol. The molecule has 0 bridgehead atoms. The van der Waals surface area contributed by atoms with Crippen molar-refractivity contribution in [2.24, 2.45) is 5.92 Å². The highest BCUT2D eigenvalue weighted by Gasteiger charge is 2.25. The fraction of sp³-hybridized carbons (Fsp3) is 0.667. The Balaban J connectivity index is 1.81. The molecule has 1 aliphatic heterocycles. The third kappa shape index (κ3) is 5.33. The molecule has 0 radical (unpaired) electrons. The van der Waals surface area contributed by atoms with Crippen molar-refractivity contribution < 1.29 is 9.84 Å². The number of aliphatic hydroxyl groups is 1. The summed E-state index contributed by atoms with van der Waals surface area (Å²) in [6.45, 7) is 4.99. The number of benzene rings is 1. The molecule has 0 amide bonds. The van der Waals surface area contributed by atoms with Crippen LogP contribution >= 0.6 is 0 Å². The summed E-state index contributed by atoms with van der Waals surface area (Å²) in [7, 11) is 2.13. The molecule has 0 aromatic heterocycles. The lowest BCUT2D eigenvalue weighted by Gasteiger charge is -2.34. The topological polar surface area (TPSA) is 32.7 Å². The van der Waals surface area contributed by atoms with Gasteiger partial charge in [0.2, 0.25) is 0 Å². The van der Waals surface area contributed by atoms with Gasteiger partial charge in [0.05, 0.1) is 12.7 Å². The van der Waals surface area contributed by atoms with Crippen molar-refractivity contribution in [1.29, 1.82) is 0 Å². The first-order valence-electron chi connectivity index (χ1n) is 8.27. The van der Waals surface area contributed by atoms with Crippen LogP contribution in [0, 0.1) is 5.92 Å². The Kier molecular flexibility index (Phi) is 6.52. The van der Waals surface area contributed by atoms with Gasteiger partial charge in [-0.05, 0) is 44.0 Å². The SMILES string of the molecule is CCCCCOc1ccc(CC2CN(C)CCC2O)cc1. The number of likely N-dealkylation sites (tertiary alicyclic amines) is 1. The zero-order chi connectivity index (χ0) is 15.1. The molecular weight excluding hydrogens is 262 g/mol. The third-order valence-corrected chi connectivity index (χ3v) is 4.33. The molecule has 0 spiro atoms. The quantitative estimate of drug-likeness (QED) is 0.784. The van der Waals surface area contributed by atoms with Gasteiger partial charge >= 0.3 is 0 Å². The van der Waals surface area contributed by atoms with Gasteiger partial charge in [-0.1, -0.05) is 31.9 Å². The normalized spacial score (nSPS) is 23.2. The Bertz CT molecular complexity index is 404. The van der Waals surface area contributed by atoms with E-state index in [4.69, 9.17) is 4.74 Å². The lowest BCUT2D eigenvalue weighted by Crippen LogP contribution is -2.41. The molecule has 1 saturated heterocycles. The molecule has 1 fully saturated rings. The lowest BCUT2D eigenvalue weighted by molar-refractivity contribution is 0.0366. The monoisotopic (exact) mass is 291 g/mol. The van der Waals surface area contributed by atoms with Crippen LogP contribution < -0.4 is 4.74 Å². The van der Waals surface area contributed by atoms with E-state index in [2.05, 4.69) is 43.1 Å². The standard InChI is InChI=1S/C18H29NO2/c1-3-4-5-12-21-17-8-6-15(7-9-17)13-16-14-19(2)11-10-18(16)20/h6-9,16,18,20H,3-5,10-14H2,1-2H3. The predicted molar refractivity (Wildman–Crippen MR) is 86.8 cm³/mol. The number of nitrogens with zero attached hydrogens (tertiary/aromatic N) is 1. The minimum absolute atomic E-state index is 0.161. The fourth-order valence-electron chi connectivity index (χ4n) is 2.97. The van der Waals surface area contributed by atoms with Crippen LogP contribution in [0.4, 0.5) is 0 Å². The smallest absolute Gasteiger partial charge is 0.119 e. The number of piperidine rings is 1. The van der Waals surface area contributed by atoms with Crippen molar-refractivity contribution in [1.82, 2.24) is 4.90 Å². The maximum absolute atomic E-state index is 10.1. The Hall–Kier alpha value is -1.06. The van der Waals surface area contributed by atoms with E-state index in [9.17, 15) is 5.11 Å². The van der Waals surface area contributed by atoms with E-state index in [1.165, 1.54) is 18.4 Å². The molecule has 0 aliphatic carbocycles. The molecule has 1 aliphatic rings. The van der Waals surface area contributed by atoms with Crippen molar-refractivity contribution in [3.63, 3.8) is 0 Å². The second kappa shape index (κ2) is 8.40. The van der Waals surface area contributed by atoms with Gasteiger partial charge in [0.15, 0.2) is 0 Å². The highest BCUT2D eigenvalue weighted by atomic mass is 16.5. The Morgan fingerprint density at radius 3 is 2.71 bits per heavy atom. The summed E-state index contributed by atoms with van der Waals surface area (Å²) in [6, 6.07) is 8.38. The molecule has 3 heteroatoms. The van der Waals surface area contributed by atoms with Crippen molar-refractivity contribution in [3.8, 4) is 5.75 Å². The first-order chi connectivity index (χ1) is 10.2. The number of aliphatic hydroxyl groups excluding tert-OH is 1. The molecule has 3 nitrogen and oxygen atoms in total. The van der Waals surface area contributed by atoms with Crippen molar-refractivity contribution in [2.45, 2.75) is 45.1 Å².